The number of nitrogens with zero attached hydrogens (tertiary/aromatic N) is 3. The van der Waals surface area contributed by atoms with Gasteiger partial charge in [0.15, 0.2) is 0 Å². The number of nitrogen functional groups attached to an aromatic ring is 1. The first-order valence-electron chi connectivity index (χ1n) is 5.88. The van der Waals surface area contributed by atoms with Gasteiger partial charge in [0.2, 0.25) is 0 Å². The van der Waals surface area contributed by atoms with Gasteiger partial charge in [-0.3, -0.25) is 4.98 Å². The summed E-state index contributed by atoms with van der Waals surface area (Å²) in [5.41, 5.74) is 8.68. The van der Waals surface area contributed by atoms with Crippen LogP contribution in [0.4, 0.5) is 5.82 Å². The van der Waals surface area contributed by atoms with Gasteiger partial charge in [-0.2, -0.15) is 0 Å². The van der Waals surface area contributed by atoms with Crippen LogP contribution < -0.4 is 5.73 Å². The van der Waals surface area contributed by atoms with Gasteiger partial charge in [-0.25, -0.2) is 9.97 Å². The quantitative estimate of drug-likeness (QED) is 0.793. The fourth-order valence-electron chi connectivity index (χ4n) is 1.79. The molecule has 0 bridgehead atoms. The highest BCUT2D eigenvalue weighted by Crippen LogP contribution is 2.23. The Hall–Kier alpha value is -2.27. The standard InChI is InChI=1S/C14H12N4S/c15-14-11(16-6-7-17-14)8-13-18-12(9-19-13)10-4-2-1-3-5-10/h1-7,9H,8H2,(H2,15,17). The summed E-state index contributed by atoms with van der Waals surface area (Å²) in [6, 6.07) is 10.1. The van der Waals surface area contributed by atoms with Crippen LogP contribution in [0.25, 0.3) is 11.3 Å². The molecule has 0 saturated carbocycles. The highest BCUT2D eigenvalue weighted by atomic mass is 32.1. The molecule has 3 rings (SSSR count). The molecule has 5 heteroatoms. The van der Waals surface area contributed by atoms with Crippen LogP contribution in [-0.2, 0) is 6.42 Å². The van der Waals surface area contributed by atoms with Crippen LogP contribution in [0, 0.1) is 0 Å². The summed E-state index contributed by atoms with van der Waals surface area (Å²) >= 11 is 1.61. The van der Waals surface area contributed by atoms with Crippen molar-refractivity contribution in [2.75, 3.05) is 5.73 Å². The monoisotopic (exact) mass is 268 g/mol. The summed E-state index contributed by atoms with van der Waals surface area (Å²) in [4.78, 5) is 12.9. The summed E-state index contributed by atoms with van der Waals surface area (Å²) in [5.74, 6) is 0.471. The molecule has 0 unspecified atom stereocenters. The molecule has 19 heavy (non-hydrogen) atoms. The first-order valence-corrected chi connectivity index (χ1v) is 6.76. The second-order valence-corrected chi connectivity index (χ2v) is 5.00. The second kappa shape index (κ2) is 5.16. The topological polar surface area (TPSA) is 64.7 Å². The molecule has 0 fully saturated rings. The number of aromatic nitrogens is 3. The zero-order valence-corrected chi connectivity index (χ0v) is 11.0. The van der Waals surface area contributed by atoms with Crippen LogP contribution in [0.5, 0.6) is 0 Å². The Kier molecular flexibility index (Phi) is 3.20. The van der Waals surface area contributed by atoms with Gasteiger partial charge >= 0.3 is 0 Å². The molecule has 2 N–H and O–H groups in total. The maximum atomic E-state index is 5.79. The van der Waals surface area contributed by atoms with Crippen molar-refractivity contribution in [3.63, 3.8) is 0 Å². The first-order chi connectivity index (χ1) is 9.33. The Morgan fingerprint density at radius 1 is 1.05 bits per heavy atom. The van der Waals surface area contributed by atoms with Crippen molar-refractivity contribution in [2.45, 2.75) is 6.42 Å². The molecular weight excluding hydrogens is 256 g/mol. The van der Waals surface area contributed by atoms with Gasteiger partial charge in [0.25, 0.3) is 0 Å². The van der Waals surface area contributed by atoms with Crippen molar-refractivity contribution >= 4 is 17.2 Å². The van der Waals surface area contributed by atoms with E-state index in [4.69, 9.17) is 5.73 Å². The minimum atomic E-state index is 0.471. The SMILES string of the molecule is Nc1nccnc1Cc1nc(-c2ccccc2)cs1. The average Bonchev–Trinajstić information content (AvgIpc) is 2.91. The number of benzene rings is 1. The van der Waals surface area contributed by atoms with Crippen LogP contribution in [0.1, 0.15) is 10.7 Å². The molecule has 94 valence electrons. The molecule has 0 radical (unpaired) electrons. The highest BCUT2D eigenvalue weighted by Gasteiger charge is 2.08. The third-order valence-corrected chi connectivity index (χ3v) is 3.60. The van der Waals surface area contributed by atoms with Gasteiger partial charge in [-0.1, -0.05) is 30.3 Å². The van der Waals surface area contributed by atoms with E-state index >= 15 is 0 Å². The summed E-state index contributed by atoms with van der Waals surface area (Å²) in [6.45, 7) is 0. The lowest BCUT2D eigenvalue weighted by molar-refractivity contribution is 1.03. The Bertz CT molecular complexity index is 679. The number of rotatable bonds is 3. The molecule has 0 atom stereocenters. The Morgan fingerprint density at radius 3 is 2.63 bits per heavy atom. The van der Waals surface area contributed by atoms with E-state index < -0.39 is 0 Å². The number of thiazole rings is 1. The summed E-state index contributed by atoms with van der Waals surface area (Å²) in [5, 5.41) is 3.04. The normalized spacial score (nSPS) is 10.5. The minimum Gasteiger partial charge on any atom is -0.382 e. The van der Waals surface area contributed by atoms with Crippen molar-refractivity contribution in [1.82, 2.24) is 15.0 Å². The molecule has 0 spiro atoms. The third kappa shape index (κ3) is 2.61. The van der Waals surface area contributed by atoms with E-state index in [-0.39, 0.29) is 0 Å². The fourth-order valence-corrected chi connectivity index (χ4v) is 2.60. The van der Waals surface area contributed by atoms with Crippen LogP contribution in [0.2, 0.25) is 0 Å². The van der Waals surface area contributed by atoms with Crippen LogP contribution >= 0.6 is 11.3 Å². The van der Waals surface area contributed by atoms with Crippen LogP contribution in [-0.4, -0.2) is 15.0 Å². The lowest BCUT2D eigenvalue weighted by Gasteiger charge is -2.00. The van der Waals surface area contributed by atoms with E-state index in [0.29, 0.717) is 12.2 Å². The number of hydrogen-bond donors (Lipinski definition) is 1. The molecule has 0 saturated heterocycles. The third-order valence-electron chi connectivity index (χ3n) is 2.75. The van der Waals surface area contributed by atoms with Crippen molar-refractivity contribution in [2.24, 2.45) is 0 Å². The zero-order chi connectivity index (χ0) is 13.1. The van der Waals surface area contributed by atoms with Gasteiger partial charge in [0, 0.05) is 29.8 Å². The van der Waals surface area contributed by atoms with Crippen LogP contribution in [0.15, 0.2) is 48.1 Å². The summed E-state index contributed by atoms with van der Waals surface area (Å²) in [6.07, 6.45) is 3.87. The maximum Gasteiger partial charge on any atom is 0.145 e. The highest BCUT2D eigenvalue weighted by molar-refractivity contribution is 7.10. The molecule has 2 heterocycles. The number of hydrogen-bond acceptors (Lipinski definition) is 5. The first kappa shape index (κ1) is 11.8. The number of anilines is 1. The minimum absolute atomic E-state index is 0.471. The Labute approximate surface area is 115 Å². The largest absolute Gasteiger partial charge is 0.382 e. The van der Waals surface area contributed by atoms with Gasteiger partial charge < -0.3 is 5.73 Å². The number of nitrogens with two attached hydrogens (primary N) is 1. The molecule has 0 aliphatic rings. The molecule has 2 aromatic heterocycles. The predicted molar refractivity (Wildman–Crippen MR) is 76.8 cm³/mol. The lowest BCUT2D eigenvalue weighted by atomic mass is 10.2. The smallest absolute Gasteiger partial charge is 0.145 e. The van der Waals surface area contributed by atoms with E-state index in [1.807, 2.05) is 18.2 Å². The van der Waals surface area contributed by atoms with E-state index in [0.717, 1.165) is 22.0 Å². The lowest BCUT2D eigenvalue weighted by Crippen LogP contribution is -2.00. The van der Waals surface area contributed by atoms with E-state index in [1.54, 1.807) is 23.7 Å². The van der Waals surface area contributed by atoms with Crippen LogP contribution in [0.3, 0.4) is 0 Å². The van der Waals surface area contributed by atoms with E-state index in [9.17, 15) is 0 Å². The second-order valence-electron chi connectivity index (χ2n) is 4.06. The molecular formula is C14H12N4S. The van der Waals surface area contributed by atoms with Gasteiger partial charge in [-0.05, 0) is 0 Å². The van der Waals surface area contributed by atoms with Crippen molar-refractivity contribution in [3.05, 3.63) is 58.8 Å². The van der Waals surface area contributed by atoms with E-state index in [2.05, 4.69) is 32.5 Å². The van der Waals surface area contributed by atoms with Crippen molar-refractivity contribution in [3.8, 4) is 11.3 Å². The van der Waals surface area contributed by atoms with Gasteiger partial charge in [0.1, 0.15) is 5.82 Å². The molecule has 3 aromatic rings. The fraction of sp³-hybridized carbons (Fsp3) is 0.0714. The predicted octanol–water partition coefficient (Wildman–Crippen LogP) is 2.77. The zero-order valence-electron chi connectivity index (χ0n) is 10.2. The summed E-state index contributed by atoms with van der Waals surface area (Å²) in [7, 11) is 0. The summed E-state index contributed by atoms with van der Waals surface area (Å²) < 4.78 is 0. The van der Waals surface area contributed by atoms with Gasteiger partial charge in [0.05, 0.1) is 16.4 Å². The Balaban J connectivity index is 1.85. The molecule has 0 aliphatic heterocycles. The molecule has 0 aliphatic carbocycles. The Morgan fingerprint density at radius 2 is 1.84 bits per heavy atom. The van der Waals surface area contributed by atoms with Crippen molar-refractivity contribution < 1.29 is 0 Å². The van der Waals surface area contributed by atoms with E-state index in [1.165, 1.54) is 0 Å². The van der Waals surface area contributed by atoms with Crippen molar-refractivity contribution in [1.29, 1.82) is 0 Å². The molecule has 0 amide bonds. The molecule has 1 aromatic carbocycles. The molecule has 4 nitrogen and oxygen atoms in total. The van der Waals surface area contributed by atoms with Gasteiger partial charge in [-0.15, -0.1) is 11.3 Å². The average molecular weight is 268 g/mol. The maximum absolute atomic E-state index is 5.79.